The molecule has 0 spiro atoms. The minimum Gasteiger partial charge on any atom is -0.465 e. The van der Waals surface area contributed by atoms with Crippen molar-refractivity contribution in [1.29, 1.82) is 5.26 Å². The van der Waals surface area contributed by atoms with Crippen LogP contribution in [-0.2, 0) is 13.7 Å². The molecule has 0 amide bonds. The van der Waals surface area contributed by atoms with Gasteiger partial charge in [0.05, 0.1) is 23.0 Å². The number of ether oxygens (including phenoxy) is 1. The van der Waals surface area contributed by atoms with Crippen LogP contribution in [0.15, 0.2) is 52.6 Å². The molecule has 4 aromatic rings. The van der Waals surface area contributed by atoms with Gasteiger partial charge in [-0.15, -0.1) is 0 Å². The second-order valence-corrected chi connectivity index (χ2v) is 7.13. The molecule has 8 nitrogen and oxygen atoms in total. The average Bonchev–Trinajstić information content (AvgIpc) is 3.34. The van der Waals surface area contributed by atoms with Crippen molar-refractivity contribution >= 4 is 11.3 Å². The number of rotatable bonds is 5. The van der Waals surface area contributed by atoms with Gasteiger partial charge in [-0.05, 0) is 35.0 Å². The van der Waals surface area contributed by atoms with Crippen LogP contribution in [0.5, 0.6) is 5.19 Å². The third-order valence-electron chi connectivity index (χ3n) is 4.48. The van der Waals surface area contributed by atoms with Crippen LogP contribution in [0, 0.1) is 18.3 Å². The van der Waals surface area contributed by atoms with Crippen LogP contribution < -0.4 is 10.4 Å². The lowest BCUT2D eigenvalue weighted by molar-refractivity contribution is 0.303. The van der Waals surface area contributed by atoms with E-state index in [2.05, 4.69) is 21.5 Å². The summed E-state index contributed by atoms with van der Waals surface area (Å²) in [5.74, 6) is 0. The number of benzene rings is 2. The number of aryl methyl sites for hydroxylation is 2. The van der Waals surface area contributed by atoms with Crippen LogP contribution in [0.4, 0.5) is 0 Å². The molecule has 0 saturated heterocycles. The highest BCUT2D eigenvalue weighted by Gasteiger charge is 2.15. The zero-order valence-corrected chi connectivity index (χ0v) is 16.6. The predicted molar refractivity (Wildman–Crippen MR) is 108 cm³/mol. The Balaban J connectivity index is 1.61. The Morgan fingerprint density at radius 1 is 1.17 bits per heavy atom. The summed E-state index contributed by atoms with van der Waals surface area (Å²) in [5, 5.41) is 19.3. The van der Waals surface area contributed by atoms with E-state index in [1.807, 2.05) is 42.6 Å². The normalized spacial score (nSPS) is 10.7. The zero-order chi connectivity index (χ0) is 20.4. The first-order valence-corrected chi connectivity index (χ1v) is 9.62. The fraction of sp³-hybridized carbons (Fsp3) is 0.150. The minimum atomic E-state index is -0.332. The maximum atomic E-state index is 12.3. The highest BCUT2D eigenvalue weighted by molar-refractivity contribution is 7.11. The summed E-state index contributed by atoms with van der Waals surface area (Å²) in [6, 6.07) is 15.1. The molecule has 0 bridgehead atoms. The van der Waals surface area contributed by atoms with Gasteiger partial charge in [0, 0.05) is 23.6 Å². The van der Waals surface area contributed by atoms with E-state index in [0.717, 1.165) is 16.7 Å². The molecule has 0 aliphatic rings. The van der Waals surface area contributed by atoms with Gasteiger partial charge in [0.2, 0.25) is 0 Å². The van der Waals surface area contributed by atoms with Crippen molar-refractivity contribution in [3.05, 3.63) is 75.0 Å². The third-order valence-corrected chi connectivity index (χ3v) is 5.23. The lowest BCUT2D eigenvalue weighted by Crippen LogP contribution is -2.23. The second kappa shape index (κ2) is 7.69. The molecule has 0 atom stereocenters. The quantitative estimate of drug-likeness (QED) is 0.507. The number of thiazole rings is 1. The van der Waals surface area contributed by atoms with E-state index in [9.17, 15) is 10.1 Å². The number of hydrogen-bond donors (Lipinski definition) is 0. The summed E-state index contributed by atoms with van der Waals surface area (Å²) in [4.78, 5) is 16.8. The molecule has 29 heavy (non-hydrogen) atoms. The summed E-state index contributed by atoms with van der Waals surface area (Å²) in [7, 11) is 1.55. The van der Waals surface area contributed by atoms with Crippen LogP contribution in [0.3, 0.4) is 0 Å². The molecule has 2 aromatic heterocycles. The third kappa shape index (κ3) is 3.53. The molecule has 2 aromatic carbocycles. The fourth-order valence-electron chi connectivity index (χ4n) is 2.92. The van der Waals surface area contributed by atoms with Crippen LogP contribution in [0.2, 0.25) is 0 Å². The smallest absolute Gasteiger partial charge is 0.368 e. The van der Waals surface area contributed by atoms with E-state index >= 15 is 0 Å². The number of tetrazole rings is 1. The second-order valence-electron chi connectivity index (χ2n) is 6.31. The molecule has 0 fully saturated rings. The molecule has 0 radical (unpaired) electrons. The highest BCUT2D eigenvalue weighted by Crippen LogP contribution is 2.29. The van der Waals surface area contributed by atoms with Crippen molar-refractivity contribution in [3.63, 3.8) is 0 Å². The standard InChI is InChI=1S/C20H16N6O2S/c1-13-6-5-9-18(26-20(27)25(2)23-24-26)16(13)11-28-19-22-17(12-29-19)15-8-4-3-7-14(15)10-21/h3-9,12H,11H2,1-2H3. The van der Waals surface area contributed by atoms with E-state index < -0.39 is 0 Å². The van der Waals surface area contributed by atoms with Gasteiger partial charge in [-0.3, -0.25) is 0 Å². The van der Waals surface area contributed by atoms with Gasteiger partial charge >= 0.3 is 5.69 Å². The summed E-state index contributed by atoms with van der Waals surface area (Å²) >= 11 is 1.35. The predicted octanol–water partition coefficient (Wildman–Crippen LogP) is 2.85. The molecule has 9 heteroatoms. The number of nitriles is 1. The van der Waals surface area contributed by atoms with Gasteiger partial charge in [0.1, 0.15) is 6.61 Å². The first kappa shape index (κ1) is 18.6. The van der Waals surface area contributed by atoms with Gasteiger partial charge in [0.15, 0.2) is 0 Å². The first-order chi connectivity index (χ1) is 14.1. The van der Waals surface area contributed by atoms with Gasteiger partial charge in [-0.25, -0.2) is 9.78 Å². The molecular formula is C20H16N6O2S. The zero-order valence-electron chi connectivity index (χ0n) is 15.7. The Morgan fingerprint density at radius 3 is 2.76 bits per heavy atom. The summed E-state index contributed by atoms with van der Waals surface area (Å²) in [6.07, 6.45) is 0. The molecule has 0 unspecified atom stereocenters. The molecule has 0 N–H and O–H groups in total. The Bertz CT molecular complexity index is 1280. The number of nitrogens with zero attached hydrogens (tertiary/aromatic N) is 6. The summed E-state index contributed by atoms with van der Waals surface area (Å²) in [5.41, 5.74) is 4.10. The van der Waals surface area contributed by atoms with E-state index in [0.29, 0.717) is 22.1 Å². The van der Waals surface area contributed by atoms with Gasteiger partial charge in [-0.1, -0.05) is 41.7 Å². The SMILES string of the molecule is Cc1cccc(-n2nnn(C)c2=O)c1COc1nc(-c2ccccc2C#N)cs1. The summed E-state index contributed by atoms with van der Waals surface area (Å²) in [6.45, 7) is 2.16. The summed E-state index contributed by atoms with van der Waals surface area (Å²) < 4.78 is 8.34. The van der Waals surface area contributed by atoms with Gasteiger partial charge in [0.25, 0.3) is 5.19 Å². The monoisotopic (exact) mass is 404 g/mol. The van der Waals surface area contributed by atoms with E-state index in [4.69, 9.17) is 4.74 Å². The molecule has 0 aliphatic carbocycles. The number of hydrogen-bond acceptors (Lipinski definition) is 7. The van der Waals surface area contributed by atoms with Crippen molar-refractivity contribution in [3.8, 4) is 28.2 Å². The Hall–Kier alpha value is -3.77. The van der Waals surface area contributed by atoms with Gasteiger partial charge < -0.3 is 4.74 Å². The Kier molecular flexibility index (Phi) is 4.93. The maximum absolute atomic E-state index is 12.3. The Labute approximate surface area is 170 Å². The lowest BCUT2D eigenvalue weighted by atomic mass is 10.1. The molecule has 0 aliphatic heterocycles. The van der Waals surface area contributed by atoms with Crippen molar-refractivity contribution < 1.29 is 4.74 Å². The lowest BCUT2D eigenvalue weighted by Gasteiger charge is -2.11. The van der Waals surface area contributed by atoms with Crippen LogP contribution in [0.25, 0.3) is 16.9 Å². The van der Waals surface area contributed by atoms with E-state index in [1.165, 1.54) is 20.7 Å². The van der Waals surface area contributed by atoms with E-state index in [1.54, 1.807) is 19.2 Å². The largest absolute Gasteiger partial charge is 0.465 e. The maximum Gasteiger partial charge on any atom is 0.368 e. The molecule has 144 valence electrons. The van der Waals surface area contributed by atoms with Crippen LogP contribution in [-0.4, -0.2) is 24.8 Å². The van der Waals surface area contributed by atoms with E-state index in [-0.39, 0.29) is 12.3 Å². The Morgan fingerprint density at radius 2 is 2.00 bits per heavy atom. The van der Waals surface area contributed by atoms with Crippen molar-refractivity contribution in [2.45, 2.75) is 13.5 Å². The van der Waals surface area contributed by atoms with Crippen molar-refractivity contribution in [1.82, 2.24) is 24.8 Å². The number of aromatic nitrogens is 5. The minimum absolute atomic E-state index is 0.220. The molecule has 2 heterocycles. The highest BCUT2D eigenvalue weighted by atomic mass is 32.1. The first-order valence-electron chi connectivity index (χ1n) is 8.74. The molecule has 0 saturated carbocycles. The average molecular weight is 404 g/mol. The fourth-order valence-corrected chi connectivity index (χ4v) is 3.59. The van der Waals surface area contributed by atoms with Crippen molar-refractivity contribution in [2.24, 2.45) is 7.05 Å². The van der Waals surface area contributed by atoms with Crippen LogP contribution >= 0.6 is 11.3 Å². The topological polar surface area (TPSA) is 98.6 Å². The van der Waals surface area contributed by atoms with Gasteiger partial charge in [-0.2, -0.15) is 14.6 Å². The molecular weight excluding hydrogens is 388 g/mol. The molecule has 4 rings (SSSR count). The van der Waals surface area contributed by atoms with Crippen molar-refractivity contribution in [2.75, 3.05) is 0 Å². The van der Waals surface area contributed by atoms with Crippen LogP contribution in [0.1, 0.15) is 16.7 Å².